The molecule has 19 heavy (non-hydrogen) atoms. The second-order valence-electron chi connectivity index (χ2n) is 6.13. The van der Waals surface area contributed by atoms with Gasteiger partial charge in [0.2, 0.25) is 0 Å². The molecule has 1 aromatic rings. The van der Waals surface area contributed by atoms with Gasteiger partial charge in [-0.15, -0.1) is 11.6 Å². The number of methoxy groups -OCH3 is 1. The Morgan fingerprint density at radius 2 is 2.05 bits per heavy atom. The molecule has 1 aliphatic rings. The fourth-order valence-corrected chi connectivity index (χ4v) is 4.14. The molecule has 0 spiro atoms. The van der Waals surface area contributed by atoms with Crippen molar-refractivity contribution in [1.29, 1.82) is 0 Å². The van der Waals surface area contributed by atoms with Crippen molar-refractivity contribution in [3.05, 3.63) is 28.8 Å². The van der Waals surface area contributed by atoms with Crippen LogP contribution in [-0.4, -0.2) is 7.11 Å². The van der Waals surface area contributed by atoms with Crippen LogP contribution in [0.2, 0.25) is 5.02 Å². The van der Waals surface area contributed by atoms with E-state index >= 15 is 0 Å². The smallest absolute Gasteiger partial charge is 0.120 e. The van der Waals surface area contributed by atoms with Gasteiger partial charge >= 0.3 is 0 Å². The van der Waals surface area contributed by atoms with Crippen molar-refractivity contribution in [2.75, 3.05) is 7.11 Å². The number of alkyl halides is 1. The first kappa shape index (κ1) is 15.0. The Balaban J connectivity index is 2.25. The predicted molar refractivity (Wildman–Crippen MR) is 82.3 cm³/mol. The molecule has 0 aliphatic heterocycles. The van der Waals surface area contributed by atoms with Crippen LogP contribution in [0.3, 0.4) is 0 Å². The molecule has 1 aromatic carbocycles. The maximum atomic E-state index is 6.75. The van der Waals surface area contributed by atoms with Gasteiger partial charge in [-0.25, -0.2) is 0 Å². The van der Waals surface area contributed by atoms with E-state index in [1.807, 2.05) is 18.2 Å². The van der Waals surface area contributed by atoms with Gasteiger partial charge in [-0.2, -0.15) is 0 Å². The highest BCUT2D eigenvalue weighted by molar-refractivity contribution is 6.33. The van der Waals surface area contributed by atoms with Crippen LogP contribution in [0, 0.1) is 11.3 Å². The van der Waals surface area contributed by atoms with E-state index in [0.29, 0.717) is 10.9 Å². The maximum Gasteiger partial charge on any atom is 0.120 e. The zero-order chi connectivity index (χ0) is 14.0. The summed E-state index contributed by atoms with van der Waals surface area (Å²) in [6, 6.07) is 5.79. The number of benzene rings is 1. The molecule has 0 radical (unpaired) electrons. The third-order valence-corrected chi connectivity index (χ3v) is 5.31. The second kappa shape index (κ2) is 5.93. The van der Waals surface area contributed by atoms with Crippen LogP contribution in [0.15, 0.2) is 18.2 Å². The molecule has 106 valence electrons. The molecule has 0 saturated heterocycles. The van der Waals surface area contributed by atoms with E-state index in [1.54, 1.807) is 7.11 Å². The zero-order valence-electron chi connectivity index (χ0n) is 11.9. The molecule has 2 rings (SSSR count). The lowest BCUT2D eigenvalue weighted by molar-refractivity contribution is 0.133. The van der Waals surface area contributed by atoms with Crippen molar-refractivity contribution in [2.24, 2.45) is 11.3 Å². The van der Waals surface area contributed by atoms with Gasteiger partial charge < -0.3 is 4.74 Å². The number of rotatable bonds is 3. The van der Waals surface area contributed by atoms with Crippen molar-refractivity contribution in [2.45, 2.75) is 44.9 Å². The molecule has 1 aliphatic carbocycles. The van der Waals surface area contributed by atoms with Crippen LogP contribution in [0.25, 0.3) is 0 Å². The first-order chi connectivity index (χ1) is 8.95. The van der Waals surface area contributed by atoms with Gasteiger partial charge in [0, 0.05) is 5.02 Å². The van der Waals surface area contributed by atoms with Crippen LogP contribution in [0.5, 0.6) is 5.75 Å². The summed E-state index contributed by atoms with van der Waals surface area (Å²) >= 11 is 13.1. The van der Waals surface area contributed by atoms with Gasteiger partial charge in [0.05, 0.1) is 12.5 Å². The molecule has 3 heteroatoms. The molecular formula is C16H22Cl2O. The third-order valence-electron chi connectivity index (χ3n) is 4.45. The van der Waals surface area contributed by atoms with Crippen LogP contribution >= 0.6 is 23.2 Å². The van der Waals surface area contributed by atoms with Crippen LogP contribution in [0.4, 0.5) is 0 Å². The van der Waals surface area contributed by atoms with Gasteiger partial charge in [-0.3, -0.25) is 0 Å². The minimum atomic E-state index is -0.0197. The number of hydrogen-bond donors (Lipinski definition) is 0. The van der Waals surface area contributed by atoms with Crippen molar-refractivity contribution >= 4 is 23.2 Å². The van der Waals surface area contributed by atoms with Gasteiger partial charge in [0.1, 0.15) is 5.75 Å². The zero-order valence-corrected chi connectivity index (χ0v) is 13.4. The molecule has 0 bridgehead atoms. The molecular weight excluding hydrogens is 279 g/mol. The molecule has 0 N–H and O–H groups in total. The van der Waals surface area contributed by atoms with Crippen LogP contribution in [0.1, 0.15) is 50.5 Å². The van der Waals surface area contributed by atoms with Gasteiger partial charge in [0.25, 0.3) is 0 Å². The normalized spacial score (nSPS) is 23.9. The van der Waals surface area contributed by atoms with E-state index in [4.69, 9.17) is 27.9 Å². The number of hydrogen-bond acceptors (Lipinski definition) is 1. The van der Waals surface area contributed by atoms with Crippen LogP contribution < -0.4 is 4.74 Å². The second-order valence-corrected chi connectivity index (χ2v) is 7.01. The first-order valence-electron chi connectivity index (χ1n) is 6.93. The molecule has 2 unspecified atom stereocenters. The average Bonchev–Trinajstić information content (AvgIpc) is 2.37. The van der Waals surface area contributed by atoms with Crippen molar-refractivity contribution in [1.82, 2.24) is 0 Å². The molecule has 2 atom stereocenters. The van der Waals surface area contributed by atoms with Crippen molar-refractivity contribution in [3.8, 4) is 5.75 Å². The topological polar surface area (TPSA) is 9.23 Å². The van der Waals surface area contributed by atoms with E-state index in [-0.39, 0.29) is 10.8 Å². The SMILES string of the molecule is COc1ccc(C(Cl)C2CCCCC2(C)C)c(Cl)c1. The van der Waals surface area contributed by atoms with E-state index in [2.05, 4.69) is 13.8 Å². The van der Waals surface area contributed by atoms with Crippen LogP contribution in [-0.2, 0) is 0 Å². The largest absolute Gasteiger partial charge is 0.497 e. The molecule has 0 heterocycles. The quantitative estimate of drug-likeness (QED) is 0.637. The fraction of sp³-hybridized carbons (Fsp3) is 0.625. The summed E-state index contributed by atoms with van der Waals surface area (Å²) in [5, 5.41) is 0.689. The summed E-state index contributed by atoms with van der Waals surface area (Å²) in [5.74, 6) is 1.26. The Morgan fingerprint density at radius 1 is 1.32 bits per heavy atom. The van der Waals surface area contributed by atoms with Crippen molar-refractivity contribution in [3.63, 3.8) is 0 Å². The third kappa shape index (κ3) is 3.20. The first-order valence-corrected chi connectivity index (χ1v) is 7.74. The predicted octanol–water partition coefficient (Wildman–Crippen LogP) is 5.84. The lowest BCUT2D eigenvalue weighted by atomic mass is 9.66. The lowest BCUT2D eigenvalue weighted by Crippen LogP contribution is -2.31. The number of halogens is 2. The molecule has 0 aromatic heterocycles. The van der Waals surface area contributed by atoms with E-state index in [1.165, 1.54) is 25.7 Å². The van der Waals surface area contributed by atoms with E-state index in [9.17, 15) is 0 Å². The summed E-state index contributed by atoms with van der Waals surface area (Å²) in [5.41, 5.74) is 1.32. The van der Waals surface area contributed by atoms with E-state index < -0.39 is 0 Å². The molecule has 1 saturated carbocycles. The molecule has 0 amide bonds. The minimum absolute atomic E-state index is 0.0197. The highest BCUT2D eigenvalue weighted by Gasteiger charge is 2.37. The fourth-order valence-electron chi connectivity index (χ4n) is 3.14. The summed E-state index contributed by atoms with van der Waals surface area (Å²) in [6.07, 6.45) is 5.01. The number of ether oxygens (including phenoxy) is 1. The Hall–Kier alpha value is -0.400. The minimum Gasteiger partial charge on any atom is -0.497 e. The highest BCUT2D eigenvalue weighted by atomic mass is 35.5. The standard InChI is InChI=1S/C16H22Cl2O/c1-16(2)9-5-4-6-13(16)15(18)12-8-7-11(19-3)10-14(12)17/h7-8,10,13,15H,4-6,9H2,1-3H3. The Labute approximate surface area is 126 Å². The molecule has 1 nitrogen and oxygen atoms in total. The van der Waals surface area contributed by atoms with Gasteiger partial charge in [-0.05, 0) is 41.9 Å². The summed E-state index contributed by atoms with van der Waals surface area (Å²) in [4.78, 5) is 0. The summed E-state index contributed by atoms with van der Waals surface area (Å²) in [7, 11) is 1.65. The maximum absolute atomic E-state index is 6.75. The molecule has 1 fully saturated rings. The Kier molecular flexibility index (Phi) is 4.68. The average molecular weight is 301 g/mol. The Bertz CT molecular complexity index is 442. The lowest BCUT2D eigenvalue weighted by Gasteiger charge is -2.41. The Morgan fingerprint density at radius 3 is 2.63 bits per heavy atom. The summed E-state index contributed by atoms with van der Waals surface area (Å²) < 4.78 is 5.19. The monoisotopic (exact) mass is 300 g/mol. The van der Waals surface area contributed by atoms with Gasteiger partial charge in [-0.1, -0.05) is 44.4 Å². The van der Waals surface area contributed by atoms with Crippen molar-refractivity contribution < 1.29 is 4.74 Å². The van der Waals surface area contributed by atoms with E-state index in [0.717, 1.165) is 11.3 Å². The van der Waals surface area contributed by atoms with Gasteiger partial charge in [0.15, 0.2) is 0 Å². The highest BCUT2D eigenvalue weighted by Crippen LogP contribution is 2.50. The summed E-state index contributed by atoms with van der Waals surface area (Å²) in [6.45, 7) is 4.65.